The quantitative estimate of drug-likeness (QED) is 0.339. The Bertz CT molecular complexity index is 1270. The van der Waals surface area contributed by atoms with Crippen molar-refractivity contribution in [3.05, 3.63) is 71.5 Å². The second-order valence-corrected chi connectivity index (χ2v) is 9.31. The number of thiazole rings is 1. The van der Waals surface area contributed by atoms with Gasteiger partial charge in [0.05, 0.1) is 5.25 Å². The van der Waals surface area contributed by atoms with Crippen LogP contribution >= 0.6 is 23.1 Å². The highest BCUT2D eigenvalue weighted by atomic mass is 32.2. The van der Waals surface area contributed by atoms with E-state index in [4.69, 9.17) is 0 Å². The van der Waals surface area contributed by atoms with E-state index in [2.05, 4.69) is 25.8 Å². The van der Waals surface area contributed by atoms with Gasteiger partial charge in [0, 0.05) is 35.4 Å². The number of amides is 2. The van der Waals surface area contributed by atoms with Crippen molar-refractivity contribution in [2.75, 3.05) is 10.6 Å². The second-order valence-electron chi connectivity index (χ2n) is 7.24. The van der Waals surface area contributed by atoms with Crippen LogP contribution in [0.3, 0.4) is 0 Å². The van der Waals surface area contributed by atoms with Crippen LogP contribution in [0.15, 0.2) is 65.3 Å². The van der Waals surface area contributed by atoms with Crippen LogP contribution in [0, 0.1) is 5.82 Å². The number of carbonyl (C=O) groups excluding carboxylic acids is 2. The lowest BCUT2D eigenvalue weighted by Crippen LogP contribution is -2.24. The predicted molar refractivity (Wildman–Crippen MR) is 131 cm³/mol. The molecule has 0 radical (unpaired) electrons. The van der Waals surface area contributed by atoms with Crippen LogP contribution < -0.4 is 10.6 Å². The molecule has 0 bridgehead atoms. The number of nitrogens with one attached hydrogen (secondary N) is 2. The molecule has 2 aromatic heterocycles. The first kappa shape index (κ1) is 23.6. The molecule has 34 heavy (non-hydrogen) atoms. The van der Waals surface area contributed by atoms with Crippen molar-refractivity contribution in [3.63, 3.8) is 0 Å². The summed E-state index contributed by atoms with van der Waals surface area (Å²) < 4.78 is 14.9. The highest BCUT2D eigenvalue weighted by Crippen LogP contribution is 2.28. The third-order valence-electron chi connectivity index (χ3n) is 4.92. The van der Waals surface area contributed by atoms with Crippen molar-refractivity contribution in [3.8, 4) is 11.4 Å². The summed E-state index contributed by atoms with van der Waals surface area (Å²) in [5.41, 5.74) is 1.77. The van der Waals surface area contributed by atoms with Gasteiger partial charge in [-0.25, -0.2) is 9.37 Å². The molecular weight excluding hydrogens is 475 g/mol. The number of anilines is 2. The zero-order valence-electron chi connectivity index (χ0n) is 18.4. The van der Waals surface area contributed by atoms with Crippen LogP contribution in [0.25, 0.3) is 11.4 Å². The highest BCUT2D eigenvalue weighted by Gasteiger charge is 2.22. The molecular formula is C23H21FN6O2S2. The zero-order valence-corrected chi connectivity index (χ0v) is 20.0. The van der Waals surface area contributed by atoms with Crippen LogP contribution in [0.2, 0.25) is 0 Å². The fourth-order valence-electron chi connectivity index (χ4n) is 3.10. The first-order valence-corrected chi connectivity index (χ1v) is 12.1. The van der Waals surface area contributed by atoms with Gasteiger partial charge >= 0.3 is 0 Å². The van der Waals surface area contributed by atoms with E-state index in [9.17, 15) is 14.0 Å². The lowest BCUT2D eigenvalue weighted by molar-refractivity contribution is -0.115. The zero-order chi connectivity index (χ0) is 24.1. The fourth-order valence-corrected chi connectivity index (χ4v) is 4.55. The molecule has 4 aromatic rings. The number of aromatic nitrogens is 4. The number of nitrogens with zero attached hydrogens (tertiary/aromatic N) is 4. The molecule has 2 heterocycles. The standard InChI is InChI=1S/C23H21FN6O2S2/c1-3-18(21(32)27-22-25-12-13-33-22)34-23-29-28-19(30(23)2)14-6-10-17(11-7-14)26-20(31)15-4-8-16(24)9-5-15/h4-13,18H,3H2,1-2H3,(H,26,31)(H,25,27,32)/t18-/m1/s1. The summed E-state index contributed by atoms with van der Waals surface area (Å²) in [7, 11) is 1.84. The Morgan fingerprint density at radius 1 is 1.09 bits per heavy atom. The number of thioether (sulfide) groups is 1. The Labute approximate surface area is 203 Å². The molecule has 0 fully saturated rings. The fraction of sp³-hybridized carbons (Fsp3) is 0.174. The van der Waals surface area contributed by atoms with Crippen molar-refractivity contribution >= 4 is 45.7 Å². The molecule has 0 saturated carbocycles. The maximum absolute atomic E-state index is 13.1. The summed E-state index contributed by atoms with van der Waals surface area (Å²) in [5, 5.41) is 16.8. The largest absolute Gasteiger partial charge is 0.322 e. The van der Waals surface area contributed by atoms with Crippen LogP contribution in [0.1, 0.15) is 23.7 Å². The van der Waals surface area contributed by atoms with Gasteiger partial charge in [-0.05, 0) is 55.0 Å². The molecule has 11 heteroatoms. The van der Waals surface area contributed by atoms with Crippen molar-refractivity contribution in [1.29, 1.82) is 0 Å². The maximum atomic E-state index is 13.1. The SMILES string of the molecule is CC[C@@H](Sc1nnc(-c2ccc(NC(=O)c3ccc(F)cc3)cc2)n1C)C(=O)Nc1nccs1. The summed E-state index contributed by atoms with van der Waals surface area (Å²) in [5.74, 6) is -0.221. The highest BCUT2D eigenvalue weighted by molar-refractivity contribution is 8.00. The molecule has 2 N–H and O–H groups in total. The topological polar surface area (TPSA) is 102 Å². The summed E-state index contributed by atoms with van der Waals surface area (Å²) in [6.07, 6.45) is 2.26. The van der Waals surface area contributed by atoms with E-state index in [1.807, 2.05) is 30.7 Å². The molecule has 2 amide bonds. The van der Waals surface area contributed by atoms with Gasteiger partial charge in [0.15, 0.2) is 16.1 Å². The lowest BCUT2D eigenvalue weighted by Gasteiger charge is -2.13. The minimum atomic E-state index is -0.396. The molecule has 1 atom stereocenters. The van der Waals surface area contributed by atoms with Crippen LogP contribution in [0.5, 0.6) is 0 Å². The molecule has 0 unspecified atom stereocenters. The molecule has 0 aliphatic rings. The smallest absolute Gasteiger partial charge is 0.255 e. The Morgan fingerprint density at radius 2 is 1.82 bits per heavy atom. The number of hydrogen-bond donors (Lipinski definition) is 2. The first-order valence-electron chi connectivity index (χ1n) is 10.4. The van der Waals surface area contributed by atoms with Crippen molar-refractivity contribution < 1.29 is 14.0 Å². The van der Waals surface area contributed by atoms with Crippen LogP contribution in [-0.2, 0) is 11.8 Å². The minimum Gasteiger partial charge on any atom is -0.322 e. The molecule has 2 aromatic carbocycles. The molecule has 8 nitrogen and oxygen atoms in total. The van der Waals surface area contributed by atoms with Gasteiger partial charge in [-0.15, -0.1) is 21.5 Å². The Balaban J connectivity index is 1.43. The van der Waals surface area contributed by atoms with E-state index in [-0.39, 0.29) is 17.1 Å². The third-order valence-corrected chi connectivity index (χ3v) is 7.00. The summed E-state index contributed by atoms with van der Waals surface area (Å²) >= 11 is 2.71. The summed E-state index contributed by atoms with van der Waals surface area (Å²) in [6, 6.07) is 12.5. The molecule has 174 valence electrons. The molecule has 0 spiro atoms. The molecule has 0 aliphatic carbocycles. The van der Waals surface area contributed by atoms with E-state index in [0.29, 0.717) is 33.8 Å². The number of benzene rings is 2. The molecule has 0 aliphatic heterocycles. The van der Waals surface area contributed by atoms with E-state index in [1.165, 1.54) is 47.4 Å². The second kappa shape index (κ2) is 10.6. The van der Waals surface area contributed by atoms with Gasteiger partial charge in [0.2, 0.25) is 5.91 Å². The van der Waals surface area contributed by atoms with Crippen LogP contribution in [0.4, 0.5) is 15.2 Å². The Kier molecular flexibility index (Phi) is 7.33. The van der Waals surface area contributed by atoms with Crippen molar-refractivity contribution in [2.45, 2.75) is 23.8 Å². The number of carbonyl (C=O) groups is 2. The molecule has 4 rings (SSSR count). The van der Waals surface area contributed by atoms with Gasteiger partial charge in [-0.3, -0.25) is 9.59 Å². The average Bonchev–Trinajstić information content (AvgIpc) is 3.48. The van der Waals surface area contributed by atoms with Crippen molar-refractivity contribution in [2.24, 2.45) is 7.05 Å². The minimum absolute atomic E-state index is 0.131. The van der Waals surface area contributed by atoms with E-state index in [1.54, 1.807) is 23.7 Å². The van der Waals surface area contributed by atoms with Gasteiger partial charge in [-0.2, -0.15) is 0 Å². The van der Waals surface area contributed by atoms with Gasteiger partial charge in [0.1, 0.15) is 5.82 Å². The van der Waals surface area contributed by atoms with Gasteiger partial charge in [-0.1, -0.05) is 18.7 Å². The van der Waals surface area contributed by atoms with E-state index >= 15 is 0 Å². The lowest BCUT2D eigenvalue weighted by atomic mass is 10.1. The first-order chi connectivity index (χ1) is 16.4. The van der Waals surface area contributed by atoms with E-state index in [0.717, 1.165) is 5.56 Å². The normalized spacial score (nSPS) is 11.7. The molecule has 0 saturated heterocycles. The third kappa shape index (κ3) is 5.49. The monoisotopic (exact) mass is 496 g/mol. The Hall–Kier alpha value is -3.57. The van der Waals surface area contributed by atoms with Gasteiger partial charge < -0.3 is 15.2 Å². The van der Waals surface area contributed by atoms with Crippen molar-refractivity contribution in [1.82, 2.24) is 19.7 Å². The number of rotatable bonds is 8. The van der Waals surface area contributed by atoms with E-state index < -0.39 is 5.82 Å². The summed E-state index contributed by atoms with van der Waals surface area (Å²) in [6.45, 7) is 1.94. The maximum Gasteiger partial charge on any atom is 0.255 e. The number of halogens is 1. The predicted octanol–water partition coefficient (Wildman–Crippen LogP) is 4.84. The summed E-state index contributed by atoms with van der Waals surface area (Å²) in [4.78, 5) is 29.0. The number of hydrogen-bond acceptors (Lipinski definition) is 7. The average molecular weight is 497 g/mol. The van der Waals surface area contributed by atoms with Crippen LogP contribution in [-0.4, -0.2) is 36.8 Å². The Morgan fingerprint density at radius 3 is 2.47 bits per heavy atom. The van der Waals surface area contributed by atoms with Gasteiger partial charge in [0.25, 0.3) is 5.91 Å².